The van der Waals surface area contributed by atoms with Gasteiger partial charge >= 0.3 is 12.4 Å². The minimum absolute atomic E-state index is 0.00430. The van der Waals surface area contributed by atoms with Gasteiger partial charge in [0, 0.05) is 29.7 Å². The molecule has 1 aliphatic carbocycles. The molecular weight excluding hydrogens is 946 g/mol. The Morgan fingerprint density at radius 3 is 1.63 bits per heavy atom. The van der Waals surface area contributed by atoms with Gasteiger partial charge in [-0.1, -0.05) is 84.1 Å². The Morgan fingerprint density at radius 2 is 1.10 bits per heavy atom. The number of hydrogen-bond acceptors (Lipinski definition) is 6. The fourth-order valence-corrected chi connectivity index (χ4v) is 9.61. The molecule has 2 aliphatic rings. The second kappa shape index (κ2) is 19.1. The normalized spacial score (nSPS) is 12.8. The number of nitrogens with one attached hydrogen (secondary N) is 1. The zero-order chi connectivity index (χ0) is 45.3. The van der Waals surface area contributed by atoms with Crippen molar-refractivity contribution in [3.8, 4) is 17.0 Å². The molecule has 2 heterocycles. The number of unbranched alkanes of at least 4 members (excludes halogenated alkanes) is 10. The van der Waals surface area contributed by atoms with Crippen LogP contribution in [-0.2, 0) is 25.4 Å². The average Bonchev–Trinajstić information content (AvgIpc) is 3.18. The van der Waals surface area contributed by atoms with E-state index in [9.17, 15) is 45.8 Å². The zero-order valence-corrected chi connectivity index (χ0v) is 38.1. The average molecular weight is 995 g/mol. The van der Waals surface area contributed by atoms with Gasteiger partial charge in [0.2, 0.25) is 5.88 Å². The van der Waals surface area contributed by atoms with Crippen LogP contribution in [0.1, 0.15) is 113 Å². The molecule has 0 atom stereocenters. The predicted molar refractivity (Wildman–Crippen MR) is 240 cm³/mol. The number of rotatable bonds is 17. The van der Waals surface area contributed by atoms with E-state index >= 15 is 0 Å². The summed E-state index contributed by atoms with van der Waals surface area (Å²) in [5.41, 5.74) is -4.01. The topological polar surface area (TPSA) is 106 Å². The van der Waals surface area contributed by atoms with Crippen molar-refractivity contribution in [2.45, 2.75) is 130 Å². The molecule has 0 saturated heterocycles. The van der Waals surface area contributed by atoms with E-state index in [1.165, 1.54) is 0 Å². The Bertz CT molecular complexity index is 2770. The molecule has 62 heavy (non-hydrogen) atoms. The Kier molecular flexibility index (Phi) is 14.5. The molecule has 3 aromatic carbocycles. The lowest BCUT2D eigenvalue weighted by atomic mass is 9.89. The SMILES string of the molecule is CCCCCCCCn1c(O)c2c(=Nc3cc(C(F)(F)F)cc(C(F)(F)F)c3)c(Br)c3c(=O)n(CCCCCCCC)c(=O)c4c(Br)c(Nc5cc(C)cc(C)c5)c(c1=O)c2c4-3. The molecule has 0 saturated carbocycles. The summed E-state index contributed by atoms with van der Waals surface area (Å²) < 4.78 is 87.0. The van der Waals surface area contributed by atoms with Crippen LogP contribution in [0.4, 0.5) is 43.4 Å². The third-order valence-corrected chi connectivity index (χ3v) is 12.8. The van der Waals surface area contributed by atoms with E-state index in [1.54, 1.807) is 0 Å². The number of aromatic hydroxyl groups is 1. The lowest BCUT2D eigenvalue weighted by Gasteiger charge is -2.24. The first-order valence-corrected chi connectivity index (χ1v) is 22.5. The van der Waals surface area contributed by atoms with E-state index in [0.717, 1.165) is 71.6 Å². The third-order valence-electron chi connectivity index (χ3n) is 11.2. The van der Waals surface area contributed by atoms with Crippen molar-refractivity contribution >= 4 is 70.5 Å². The Morgan fingerprint density at radius 1 is 0.597 bits per heavy atom. The van der Waals surface area contributed by atoms with E-state index in [-0.39, 0.29) is 66.5 Å². The lowest BCUT2D eigenvalue weighted by Crippen LogP contribution is -2.37. The molecule has 0 spiro atoms. The highest BCUT2D eigenvalue weighted by Gasteiger charge is 2.38. The van der Waals surface area contributed by atoms with Gasteiger partial charge in [-0.15, -0.1) is 0 Å². The quantitative estimate of drug-likeness (QED) is 0.0538. The maximum Gasteiger partial charge on any atom is 0.416 e. The standard InChI is InChI=1S/C46H48Br2F6N4O4/c1-5-7-9-11-13-15-17-57-41(59)33-31-32-35(39(37(33)47)55-29-20-25(3)19-26(4)21-29)43(61)58(18-16-14-12-10-8-6-2)44(62)36(32)40(38(48)34(31)42(57)60)56-30-23-27(45(49,50)51)22-28(24-30)46(52,53)54/h19-24,55,62H,5-18H2,1-4H3. The van der Waals surface area contributed by atoms with E-state index in [4.69, 9.17) is 0 Å². The number of anilines is 2. The van der Waals surface area contributed by atoms with Crippen molar-refractivity contribution in [2.24, 2.45) is 4.99 Å². The summed E-state index contributed by atoms with van der Waals surface area (Å²) >= 11 is 7.10. The summed E-state index contributed by atoms with van der Waals surface area (Å²) in [6.07, 6.45) is -0.381. The number of nitrogens with zero attached hydrogens (tertiary/aromatic N) is 3. The van der Waals surface area contributed by atoms with Gasteiger partial charge in [0.1, 0.15) is 0 Å². The van der Waals surface area contributed by atoms with Crippen LogP contribution in [0.25, 0.3) is 32.7 Å². The van der Waals surface area contributed by atoms with Gasteiger partial charge in [-0.25, -0.2) is 4.99 Å². The van der Waals surface area contributed by atoms with Gasteiger partial charge in [0.05, 0.1) is 58.5 Å². The van der Waals surface area contributed by atoms with Crippen LogP contribution in [0.3, 0.4) is 0 Å². The Balaban J connectivity index is 1.80. The maximum absolute atomic E-state index is 15.0. The lowest BCUT2D eigenvalue weighted by molar-refractivity contribution is -0.143. The first-order valence-electron chi connectivity index (χ1n) is 21.0. The Labute approximate surface area is 371 Å². The number of aryl methyl sites for hydroxylation is 2. The van der Waals surface area contributed by atoms with Crippen LogP contribution in [0, 0.1) is 13.8 Å². The molecule has 0 bridgehead atoms. The molecule has 1 aliphatic heterocycles. The molecule has 16 heteroatoms. The first-order chi connectivity index (χ1) is 29.3. The summed E-state index contributed by atoms with van der Waals surface area (Å²) in [6, 6.07) is 6.46. The second-order valence-corrected chi connectivity index (χ2v) is 17.6. The van der Waals surface area contributed by atoms with Crippen LogP contribution in [0.2, 0.25) is 0 Å². The van der Waals surface area contributed by atoms with Gasteiger partial charge in [-0.2, -0.15) is 26.3 Å². The third kappa shape index (κ3) is 9.56. The Hall–Kier alpha value is -4.44. The van der Waals surface area contributed by atoms with Crippen LogP contribution >= 0.6 is 31.9 Å². The zero-order valence-electron chi connectivity index (χ0n) is 34.9. The van der Waals surface area contributed by atoms with Crippen LogP contribution in [0.5, 0.6) is 5.88 Å². The molecule has 2 N–H and O–H groups in total. The van der Waals surface area contributed by atoms with Crippen LogP contribution in [0.15, 0.2) is 64.7 Å². The molecular formula is C46H48Br2F6N4O4. The molecule has 0 fully saturated rings. The minimum Gasteiger partial charge on any atom is -0.494 e. The number of pyridine rings is 2. The summed E-state index contributed by atoms with van der Waals surface area (Å²) in [5.74, 6) is -0.676. The summed E-state index contributed by atoms with van der Waals surface area (Å²) in [4.78, 5) is 48.7. The van der Waals surface area contributed by atoms with Gasteiger partial charge in [0.15, 0.2) is 0 Å². The van der Waals surface area contributed by atoms with E-state index in [0.29, 0.717) is 43.5 Å². The first kappa shape index (κ1) is 47.0. The molecule has 332 valence electrons. The summed E-state index contributed by atoms with van der Waals surface area (Å²) in [5, 5.41) is 14.7. The summed E-state index contributed by atoms with van der Waals surface area (Å²) in [6.45, 7) is 7.91. The van der Waals surface area contributed by atoms with Crippen molar-refractivity contribution in [3.63, 3.8) is 0 Å². The van der Waals surface area contributed by atoms with Crippen molar-refractivity contribution in [1.29, 1.82) is 0 Å². The largest absolute Gasteiger partial charge is 0.494 e. The van der Waals surface area contributed by atoms with Crippen molar-refractivity contribution in [3.05, 3.63) is 104 Å². The van der Waals surface area contributed by atoms with E-state index < -0.39 is 57.1 Å². The van der Waals surface area contributed by atoms with Crippen LogP contribution in [-0.4, -0.2) is 14.2 Å². The highest BCUT2D eigenvalue weighted by molar-refractivity contribution is 9.11. The van der Waals surface area contributed by atoms with Gasteiger partial charge in [-0.3, -0.25) is 23.5 Å². The molecule has 4 aromatic rings. The maximum atomic E-state index is 15.0. The second-order valence-electron chi connectivity index (χ2n) is 16.1. The number of hydrogen-bond donors (Lipinski definition) is 2. The van der Waals surface area contributed by atoms with E-state index in [1.807, 2.05) is 32.0 Å². The molecule has 0 amide bonds. The van der Waals surface area contributed by atoms with Crippen molar-refractivity contribution < 1.29 is 31.4 Å². The highest BCUT2D eigenvalue weighted by Crippen LogP contribution is 2.48. The molecule has 0 radical (unpaired) electrons. The number of halogens is 8. The van der Waals surface area contributed by atoms with Crippen molar-refractivity contribution in [2.75, 3.05) is 5.32 Å². The number of aromatic nitrogens is 2. The number of benzene rings is 4. The predicted octanol–water partition coefficient (Wildman–Crippen LogP) is 13.2. The van der Waals surface area contributed by atoms with Crippen LogP contribution < -0.4 is 27.4 Å². The fraction of sp³-hybridized carbons (Fsp3) is 0.435. The monoisotopic (exact) mass is 992 g/mol. The summed E-state index contributed by atoms with van der Waals surface area (Å²) in [7, 11) is 0. The highest BCUT2D eigenvalue weighted by atomic mass is 79.9. The van der Waals surface area contributed by atoms with Gasteiger partial charge < -0.3 is 10.4 Å². The molecule has 6 rings (SSSR count). The van der Waals surface area contributed by atoms with E-state index in [2.05, 4.69) is 56.0 Å². The van der Waals surface area contributed by atoms with Gasteiger partial charge in [-0.05, 0) is 100 Å². The molecule has 1 aromatic heterocycles. The minimum atomic E-state index is -5.20. The number of alkyl halides is 6. The molecule has 8 nitrogen and oxygen atoms in total. The molecule has 0 unspecified atom stereocenters. The van der Waals surface area contributed by atoms with Crippen molar-refractivity contribution in [1.82, 2.24) is 9.13 Å². The fourth-order valence-electron chi connectivity index (χ4n) is 8.29. The smallest absolute Gasteiger partial charge is 0.416 e. The van der Waals surface area contributed by atoms with Gasteiger partial charge in [0.25, 0.3) is 16.7 Å².